The smallest absolute Gasteiger partial charge is 0.195 e. The summed E-state index contributed by atoms with van der Waals surface area (Å²) < 4.78 is 2.96. The third-order valence-corrected chi connectivity index (χ3v) is 3.63. The van der Waals surface area contributed by atoms with E-state index in [0.29, 0.717) is 0 Å². The number of hydrogen-bond acceptors (Lipinski definition) is 3. The lowest BCUT2D eigenvalue weighted by Crippen LogP contribution is -1.83. The van der Waals surface area contributed by atoms with Crippen molar-refractivity contribution in [3.8, 4) is 11.4 Å². The van der Waals surface area contributed by atoms with Crippen LogP contribution in [0.3, 0.4) is 0 Å². The highest BCUT2D eigenvalue weighted by molar-refractivity contribution is 9.10. The molecule has 74 valence electrons. The summed E-state index contributed by atoms with van der Waals surface area (Å²) in [5, 5.41) is 2.01. The van der Waals surface area contributed by atoms with Gasteiger partial charge < -0.3 is 0 Å². The molecule has 5 heteroatoms. The third-order valence-electron chi connectivity index (χ3n) is 2.11. The van der Waals surface area contributed by atoms with Crippen molar-refractivity contribution in [2.45, 2.75) is 0 Å². The molecular formula is C10H6BrN3S. The van der Waals surface area contributed by atoms with E-state index in [1.165, 1.54) is 0 Å². The van der Waals surface area contributed by atoms with E-state index in [1.54, 1.807) is 17.5 Å². The van der Waals surface area contributed by atoms with Crippen LogP contribution < -0.4 is 0 Å². The summed E-state index contributed by atoms with van der Waals surface area (Å²) in [6.07, 6.45) is 3.76. The summed E-state index contributed by atoms with van der Waals surface area (Å²) in [6.45, 7) is 0. The van der Waals surface area contributed by atoms with Crippen LogP contribution in [0.15, 0.2) is 40.6 Å². The first kappa shape index (κ1) is 9.06. The molecule has 0 unspecified atom stereocenters. The van der Waals surface area contributed by atoms with Gasteiger partial charge in [-0.1, -0.05) is 6.07 Å². The molecule has 0 aliphatic heterocycles. The molecule has 0 spiro atoms. The highest BCUT2D eigenvalue weighted by Gasteiger charge is 2.12. The molecule has 3 aromatic heterocycles. The van der Waals surface area contributed by atoms with Crippen molar-refractivity contribution in [2.24, 2.45) is 0 Å². The Hall–Kier alpha value is -1.20. The van der Waals surface area contributed by atoms with E-state index >= 15 is 0 Å². The molecule has 0 amide bonds. The molecule has 0 radical (unpaired) electrons. The van der Waals surface area contributed by atoms with Crippen molar-refractivity contribution in [3.05, 3.63) is 40.6 Å². The Morgan fingerprint density at radius 3 is 3.00 bits per heavy atom. The van der Waals surface area contributed by atoms with E-state index in [-0.39, 0.29) is 0 Å². The van der Waals surface area contributed by atoms with Crippen molar-refractivity contribution in [2.75, 3.05) is 0 Å². The van der Waals surface area contributed by atoms with E-state index in [2.05, 4.69) is 25.9 Å². The van der Waals surface area contributed by atoms with Gasteiger partial charge in [0.2, 0.25) is 0 Å². The minimum absolute atomic E-state index is 0.889. The Morgan fingerprint density at radius 2 is 2.27 bits per heavy atom. The fourth-order valence-corrected chi connectivity index (χ4v) is 2.83. The third kappa shape index (κ3) is 1.39. The first-order chi connectivity index (χ1) is 7.36. The summed E-state index contributed by atoms with van der Waals surface area (Å²) in [5.41, 5.74) is 1.78. The molecular weight excluding hydrogens is 274 g/mol. The normalized spacial score (nSPS) is 11.0. The maximum Gasteiger partial charge on any atom is 0.195 e. The largest absolute Gasteiger partial charge is 0.284 e. The zero-order valence-corrected chi connectivity index (χ0v) is 9.99. The van der Waals surface area contributed by atoms with Gasteiger partial charge in [-0.15, -0.1) is 11.3 Å². The second kappa shape index (κ2) is 3.43. The Kier molecular flexibility index (Phi) is 2.07. The molecule has 0 aliphatic carbocycles. The second-order valence-corrected chi connectivity index (χ2v) is 4.65. The van der Waals surface area contributed by atoms with E-state index in [1.807, 2.05) is 34.2 Å². The molecule has 3 nitrogen and oxygen atoms in total. The predicted octanol–water partition coefficient (Wildman–Crippen LogP) is 3.22. The van der Waals surface area contributed by atoms with E-state index in [0.717, 1.165) is 21.0 Å². The van der Waals surface area contributed by atoms with Crippen molar-refractivity contribution >= 4 is 32.2 Å². The van der Waals surface area contributed by atoms with Crippen LogP contribution in [0, 0.1) is 0 Å². The average Bonchev–Trinajstić information content (AvgIpc) is 2.83. The Bertz CT molecular complexity index is 599. The van der Waals surface area contributed by atoms with Crippen LogP contribution in [-0.2, 0) is 0 Å². The minimum atomic E-state index is 0.889. The number of halogens is 1. The van der Waals surface area contributed by atoms with Crippen LogP contribution in [0.5, 0.6) is 0 Å². The zero-order valence-electron chi connectivity index (χ0n) is 7.59. The van der Waals surface area contributed by atoms with Crippen molar-refractivity contribution in [1.29, 1.82) is 0 Å². The number of fused-ring (bicyclic) bond motifs is 1. The van der Waals surface area contributed by atoms with Gasteiger partial charge in [0.1, 0.15) is 10.3 Å². The van der Waals surface area contributed by atoms with Gasteiger partial charge in [0.05, 0.1) is 5.69 Å². The van der Waals surface area contributed by atoms with Crippen molar-refractivity contribution < 1.29 is 0 Å². The lowest BCUT2D eigenvalue weighted by atomic mass is 10.3. The predicted molar refractivity (Wildman–Crippen MR) is 64.0 cm³/mol. The van der Waals surface area contributed by atoms with Crippen LogP contribution in [0.2, 0.25) is 0 Å². The first-order valence-corrected chi connectivity index (χ1v) is 6.06. The Balaban J connectivity index is 2.27. The molecule has 0 fully saturated rings. The van der Waals surface area contributed by atoms with Gasteiger partial charge in [0, 0.05) is 17.8 Å². The first-order valence-electron chi connectivity index (χ1n) is 4.39. The van der Waals surface area contributed by atoms with E-state index < -0.39 is 0 Å². The molecule has 0 N–H and O–H groups in total. The highest BCUT2D eigenvalue weighted by Crippen LogP contribution is 2.28. The van der Waals surface area contributed by atoms with E-state index in [9.17, 15) is 0 Å². The van der Waals surface area contributed by atoms with Crippen LogP contribution in [-0.4, -0.2) is 14.4 Å². The summed E-state index contributed by atoms with van der Waals surface area (Å²) in [6, 6.07) is 5.81. The van der Waals surface area contributed by atoms with Crippen LogP contribution >= 0.6 is 27.3 Å². The molecule has 15 heavy (non-hydrogen) atoms. The molecule has 3 aromatic rings. The van der Waals surface area contributed by atoms with Gasteiger partial charge >= 0.3 is 0 Å². The maximum atomic E-state index is 4.51. The highest BCUT2D eigenvalue weighted by atomic mass is 79.9. The summed E-state index contributed by atoms with van der Waals surface area (Å²) in [4.78, 5) is 9.77. The van der Waals surface area contributed by atoms with Crippen molar-refractivity contribution in [3.63, 3.8) is 0 Å². The van der Waals surface area contributed by atoms with Gasteiger partial charge in [0.15, 0.2) is 4.96 Å². The lowest BCUT2D eigenvalue weighted by molar-refractivity contribution is 1.19. The van der Waals surface area contributed by atoms with Crippen LogP contribution in [0.4, 0.5) is 0 Å². The molecule has 0 bridgehead atoms. The zero-order chi connectivity index (χ0) is 10.3. The number of imidazole rings is 1. The van der Waals surface area contributed by atoms with Gasteiger partial charge in [-0.2, -0.15) is 0 Å². The molecule has 3 rings (SSSR count). The number of rotatable bonds is 1. The number of pyridine rings is 1. The van der Waals surface area contributed by atoms with Gasteiger partial charge in [0.25, 0.3) is 0 Å². The Morgan fingerprint density at radius 1 is 1.33 bits per heavy atom. The monoisotopic (exact) mass is 279 g/mol. The molecule has 3 heterocycles. The SMILES string of the molecule is Brc1c(-c2ccccn2)nc2sccn12. The van der Waals surface area contributed by atoms with Crippen molar-refractivity contribution in [1.82, 2.24) is 14.4 Å². The fraction of sp³-hybridized carbons (Fsp3) is 0. The van der Waals surface area contributed by atoms with Gasteiger partial charge in [-0.05, 0) is 28.1 Å². The Labute approximate surface area is 98.6 Å². The van der Waals surface area contributed by atoms with E-state index in [4.69, 9.17) is 0 Å². The summed E-state index contributed by atoms with van der Waals surface area (Å²) in [5.74, 6) is 0. The number of aromatic nitrogens is 3. The fourth-order valence-electron chi connectivity index (χ4n) is 1.42. The van der Waals surface area contributed by atoms with Gasteiger partial charge in [-0.3, -0.25) is 9.38 Å². The van der Waals surface area contributed by atoms with Crippen LogP contribution in [0.1, 0.15) is 0 Å². The van der Waals surface area contributed by atoms with Crippen LogP contribution in [0.25, 0.3) is 16.3 Å². The lowest BCUT2D eigenvalue weighted by Gasteiger charge is -1.95. The second-order valence-electron chi connectivity index (χ2n) is 3.02. The molecule has 0 saturated heterocycles. The minimum Gasteiger partial charge on any atom is -0.284 e. The number of thiazole rings is 1. The molecule has 0 aromatic carbocycles. The number of nitrogens with zero attached hydrogens (tertiary/aromatic N) is 3. The number of hydrogen-bond donors (Lipinski definition) is 0. The molecule has 0 saturated carbocycles. The van der Waals surface area contributed by atoms with Gasteiger partial charge in [-0.25, -0.2) is 4.98 Å². The molecule has 0 atom stereocenters. The molecule has 0 aliphatic rings. The quantitative estimate of drug-likeness (QED) is 0.685. The summed E-state index contributed by atoms with van der Waals surface area (Å²) >= 11 is 5.15. The summed E-state index contributed by atoms with van der Waals surface area (Å²) in [7, 11) is 0. The maximum absolute atomic E-state index is 4.51. The average molecular weight is 280 g/mol. The topological polar surface area (TPSA) is 30.2 Å². The standard InChI is InChI=1S/C10H6BrN3S/c11-9-8(7-3-1-2-4-12-7)13-10-14(9)5-6-15-10/h1-6H.